The Labute approximate surface area is 171 Å². The normalized spacial score (nSPS) is 17.8. The third kappa shape index (κ3) is 6.63. The van der Waals surface area contributed by atoms with Crippen molar-refractivity contribution in [2.75, 3.05) is 32.8 Å². The minimum absolute atomic E-state index is 0.111. The minimum atomic E-state index is 0.111. The predicted molar refractivity (Wildman–Crippen MR) is 114 cm³/mol. The summed E-state index contributed by atoms with van der Waals surface area (Å²) >= 11 is 1.75. The lowest BCUT2D eigenvalue weighted by atomic mass is 9.98. The first-order chi connectivity index (χ1) is 13.5. The van der Waals surface area contributed by atoms with Crippen LogP contribution in [0.3, 0.4) is 0 Å². The van der Waals surface area contributed by atoms with Crippen LogP contribution in [0.1, 0.15) is 43.7 Å². The van der Waals surface area contributed by atoms with Crippen molar-refractivity contribution in [1.29, 1.82) is 0 Å². The molecule has 0 aliphatic carbocycles. The van der Waals surface area contributed by atoms with Crippen molar-refractivity contribution >= 4 is 17.3 Å². The first-order valence-corrected chi connectivity index (χ1v) is 11.0. The van der Waals surface area contributed by atoms with Gasteiger partial charge in [0, 0.05) is 55.8 Å². The summed E-state index contributed by atoms with van der Waals surface area (Å²) < 4.78 is 10.9. The molecule has 1 saturated heterocycles. The molecule has 3 rings (SSSR count). The van der Waals surface area contributed by atoms with Crippen molar-refractivity contribution in [1.82, 2.24) is 15.6 Å². The molecule has 2 N–H and O–H groups in total. The lowest BCUT2D eigenvalue weighted by Crippen LogP contribution is -2.39. The van der Waals surface area contributed by atoms with E-state index < -0.39 is 0 Å². The van der Waals surface area contributed by atoms with Crippen LogP contribution >= 0.6 is 11.3 Å². The van der Waals surface area contributed by atoms with Gasteiger partial charge in [0.05, 0.1) is 23.6 Å². The van der Waals surface area contributed by atoms with Gasteiger partial charge in [0.2, 0.25) is 0 Å². The SMILES string of the molecule is CC(C)(C)c1nc(CCNC(=NCC2CCOC2)NCCc2ccco2)cs1. The van der Waals surface area contributed by atoms with Gasteiger partial charge in [-0.15, -0.1) is 11.3 Å². The van der Waals surface area contributed by atoms with Crippen LogP contribution in [-0.4, -0.2) is 43.8 Å². The quantitative estimate of drug-likeness (QED) is 0.521. The van der Waals surface area contributed by atoms with Crippen LogP contribution in [0.4, 0.5) is 0 Å². The van der Waals surface area contributed by atoms with Gasteiger partial charge in [-0.1, -0.05) is 20.8 Å². The summed E-state index contributed by atoms with van der Waals surface area (Å²) in [6.07, 6.45) is 4.53. The van der Waals surface area contributed by atoms with Crippen molar-refractivity contribution in [3.63, 3.8) is 0 Å². The first-order valence-electron chi connectivity index (χ1n) is 10.1. The summed E-state index contributed by atoms with van der Waals surface area (Å²) in [5, 5.41) is 10.2. The lowest BCUT2D eigenvalue weighted by molar-refractivity contribution is 0.187. The van der Waals surface area contributed by atoms with Gasteiger partial charge in [0.25, 0.3) is 0 Å². The van der Waals surface area contributed by atoms with Crippen LogP contribution < -0.4 is 10.6 Å². The van der Waals surface area contributed by atoms with Gasteiger partial charge >= 0.3 is 0 Å². The zero-order chi connectivity index (χ0) is 19.8. The van der Waals surface area contributed by atoms with Gasteiger partial charge in [-0.3, -0.25) is 4.99 Å². The Morgan fingerprint density at radius 1 is 1.29 bits per heavy atom. The first kappa shape index (κ1) is 20.9. The highest BCUT2D eigenvalue weighted by Crippen LogP contribution is 2.25. The molecule has 1 aliphatic rings. The Bertz CT molecular complexity index is 728. The molecule has 7 heteroatoms. The maximum atomic E-state index is 5.46. The summed E-state index contributed by atoms with van der Waals surface area (Å²) in [5.41, 5.74) is 1.25. The van der Waals surface area contributed by atoms with Crippen LogP contribution in [0.15, 0.2) is 33.2 Å². The number of nitrogens with one attached hydrogen (secondary N) is 2. The maximum Gasteiger partial charge on any atom is 0.191 e. The summed E-state index contributed by atoms with van der Waals surface area (Å²) in [7, 11) is 0. The second-order valence-corrected chi connectivity index (χ2v) is 9.10. The van der Waals surface area contributed by atoms with Crippen LogP contribution in [0.2, 0.25) is 0 Å². The lowest BCUT2D eigenvalue weighted by Gasteiger charge is -2.14. The van der Waals surface area contributed by atoms with E-state index in [0.29, 0.717) is 5.92 Å². The van der Waals surface area contributed by atoms with E-state index in [1.54, 1.807) is 17.6 Å². The average Bonchev–Trinajstić information content (AvgIpc) is 3.40. The fourth-order valence-electron chi connectivity index (χ4n) is 2.96. The van der Waals surface area contributed by atoms with E-state index in [4.69, 9.17) is 19.1 Å². The topological polar surface area (TPSA) is 71.7 Å². The number of thiazole rings is 1. The molecular formula is C21H32N4O2S. The van der Waals surface area contributed by atoms with Gasteiger partial charge in [0.1, 0.15) is 5.76 Å². The zero-order valence-corrected chi connectivity index (χ0v) is 18.0. The second-order valence-electron chi connectivity index (χ2n) is 8.25. The number of ether oxygens (including phenoxy) is 1. The molecule has 0 aromatic carbocycles. The standard InChI is InChI=1S/C21H32N4O2S/c1-21(2,3)19-25-17(15-28-19)6-9-22-20(24-13-16-8-12-26-14-16)23-10-7-18-5-4-11-27-18/h4-5,11,15-16H,6-10,12-14H2,1-3H3,(H2,22,23,24). The Morgan fingerprint density at radius 3 is 2.75 bits per heavy atom. The van der Waals surface area contributed by atoms with E-state index in [1.165, 1.54) is 5.01 Å². The zero-order valence-electron chi connectivity index (χ0n) is 17.2. The van der Waals surface area contributed by atoms with Gasteiger partial charge in [0.15, 0.2) is 5.96 Å². The van der Waals surface area contributed by atoms with E-state index in [-0.39, 0.29) is 5.41 Å². The molecule has 2 aromatic heterocycles. The minimum Gasteiger partial charge on any atom is -0.469 e. The van der Waals surface area contributed by atoms with Gasteiger partial charge in [-0.2, -0.15) is 0 Å². The summed E-state index contributed by atoms with van der Waals surface area (Å²) in [6.45, 7) is 10.7. The largest absolute Gasteiger partial charge is 0.469 e. The van der Waals surface area contributed by atoms with Crippen molar-refractivity contribution < 1.29 is 9.15 Å². The van der Waals surface area contributed by atoms with E-state index in [1.807, 2.05) is 12.1 Å². The fraction of sp³-hybridized carbons (Fsp3) is 0.619. The molecule has 1 atom stereocenters. The van der Waals surface area contributed by atoms with E-state index in [9.17, 15) is 0 Å². The highest BCUT2D eigenvalue weighted by molar-refractivity contribution is 7.09. The van der Waals surface area contributed by atoms with E-state index in [0.717, 1.165) is 69.5 Å². The monoisotopic (exact) mass is 404 g/mol. The third-order valence-electron chi connectivity index (χ3n) is 4.64. The predicted octanol–water partition coefficient (Wildman–Crippen LogP) is 3.39. The number of hydrogen-bond acceptors (Lipinski definition) is 5. The van der Waals surface area contributed by atoms with Crippen LogP contribution in [0.25, 0.3) is 0 Å². The molecule has 0 saturated carbocycles. The van der Waals surface area contributed by atoms with Crippen LogP contribution in [-0.2, 0) is 23.0 Å². The number of hydrogen-bond donors (Lipinski definition) is 2. The van der Waals surface area contributed by atoms with Crippen LogP contribution in [0.5, 0.6) is 0 Å². The summed E-state index contributed by atoms with van der Waals surface area (Å²) in [6, 6.07) is 3.92. The van der Waals surface area contributed by atoms with Crippen LogP contribution in [0, 0.1) is 5.92 Å². The smallest absolute Gasteiger partial charge is 0.191 e. The van der Waals surface area contributed by atoms with Crippen molar-refractivity contribution in [3.05, 3.63) is 40.2 Å². The number of furan rings is 1. The number of aromatic nitrogens is 1. The Hall–Kier alpha value is -1.86. The summed E-state index contributed by atoms with van der Waals surface area (Å²) in [4.78, 5) is 9.54. The molecule has 0 bridgehead atoms. The van der Waals surface area contributed by atoms with Gasteiger partial charge < -0.3 is 19.8 Å². The Morgan fingerprint density at radius 2 is 2.11 bits per heavy atom. The van der Waals surface area contributed by atoms with Crippen molar-refractivity contribution in [3.8, 4) is 0 Å². The number of nitrogens with zero attached hydrogens (tertiary/aromatic N) is 2. The highest BCUT2D eigenvalue weighted by Gasteiger charge is 2.18. The molecule has 2 aromatic rings. The molecular weight excluding hydrogens is 372 g/mol. The molecule has 3 heterocycles. The maximum absolute atomic E-state index is 5.46. The average molecular weight is 405 g/mol. The third-order valence-corrected chi connectivity index (χ3v) is 5.96. The molecule has 1 aliphatic heterocycles. The van der Waals surface area contributed by atoms with Gasteiger partial charge in [-0.25, -0.2) is 4.98 Å². The molecule has 154 valence electrons. The second kappa shape index (κ2) is 10.1. The number of aliphatic imine (C=N–C) groups is 1. The Kier molecular flexibility index (Phi) is 7.50. The number of rotatable bonds is 8. The van der Waals surface area contributed by atoms with Gasteiger partial charge in [-0.05, 0) is 18.6 Å². The molecule has 1 unspecified atom stereocenters. The number of guanidine groups is 1. The molecule has 0 amide bonds. The molecule has 6 nitrogen and oxygen atoms in total. The summed E-state index contributed by atoms with van der Waals surface area (Å²) in [5.74, 6) is 2.36. The van der Waals surface area contributed by atoms with E-state index in [2.05, 4.69) is 36.8 Å². The molecule has 28 heavy (non-hydrogen) atoms. The fourth-order valence-corrected chi connectivity index (χ4v) is 3.90. The molecule has 1 fully saturated rings. The van der Waals surface area contributed by atoms with Crippen molar-refractivity contribution in [2.24, 2.45) is 10.9 Å². The highest BCUT2D eigenvalue weighted by atomic mass is 32.1. The van der Waals surface area contributed by atoms with E-state index >= 15 is 0 Å². The molecule has 0 spiro atoms. The molecule has 0 radical (unpaired) electrons. The van der Waals surface area contributed by atoms with Crippen molar-refractivity contribution in [2.45, 2.75) is 45.4 Å². The Balaban J connectivity index is 1.48.